The number of amides is 1. The number of Topliss-reactive ketones (excluding diaryl/α,β-unsaturated/α-hetero) is 1. The minimum absolute atomic E-state index is 0.0111. The normalized spacial score (nSPS) is 10.6. The second-order valence-corrected chi connectivity index (χ2v) is 7.56. The van der Waals surface area contributed by atoms with Gasteiger partial charge in [-0.3, -0.25) is 14.4 Å². The standard InChI is InChI=1S/C20H18ClN3O5S/c21-14-5-3-13(4-6-14)20-23-18(29-24-20)12-28-19(27)9-10-22-17(26)8-7-15(25)16-2-1-11-30-16/h1-6,11H,7-10,12H2,(H,22,26). The minimum atomic E-state index is -0.517. The summed E-state index contributed by atoms with van der Waals surface area (Å²) >= 11 is 7.18. The fourth-order valence-corrected chi connectivity index (χ4v) is 3.24. The number of carbonyl (C=O) groups is 3. The Bertz CT molecular complexity index is 1000. The van der Waals surface area contributed by atoms with Crippen molar-refractivity contribution in [2.75, 3.05) is 6.54 Å². The molecule has 0 bridgehead atoms. The van der Waals surface area contributed by atoms with Crippen LogP contribution in [0.4, 0.5) is 0 Å². The Morgan fingerprint density at radius 3 is 2.63 bits per heavy atom. The Kier molecular flexibility index (Phi) is 7.69. The van der Waals surface area contributed by atoms with E-state index in [1.807, 2.05) is 5.38 Å². The summed E-state index contributed by atoms with van der Waals surface area (Å²) in [5.74, 6) is -0.364. The molecule has 2 aromatic heterocycles. The maximum Gasteiger partial charge on any atom is 0.308 e. The summed E-state index contributed by atoms with van der Waals surface area (Å²) in [4.78, 5) is 40.2. The van der Waals surface area contributed by atoms with Gasteiger partial charge in [-0.1, -0.05) is 22.8 Å². The average molecular weight is 448 g/mol. The first kappa shape index (κ1) is 21.7. The number of thiophene rings is 1. The average Bonchev–Trinajstić information content (AvgIpc) is 3.43. The van der Waals surface area contributed by atoms with Crippen molar-refractivity contribution >= 4 is 40.6 Å². The van der Waals surface area contributed by atoms with Gasteiger partial charge in [-0.25, -0.2) is 0 Å². The fraction of sp³-hybridized carbons (Fsp3) is 0.250. The molecule has 0 aliphatic heterocycles. The Hall–Kier alpha value is -3.04. The summed E-state index contributed by atoms with van der Waals surface area (Å²) in [6.07, 6.45) is 0.188. The van der Waals surface area contributed by atoms with Crippen molar-refractivity contribution in [1.29, 1.82) is 0 Å². The number of ether oxygens (including phenoxy) is 1. The number of hydrogen-bond acceptors (Lipinski definition) is 8. The quantitative estimate of drug-likeness (QED) is 0.372. The maximum absolute atomic E-state index is 11.8. The Morgan fingerprint density at radius 1 is 1.10 bits per heavy atom. The highest BCUT2D eigenvalue weighted by Gasteiger charge is 2.13. The van der Waals surface area contributed by atoms with E-state index < -0.39 is 5.97 Å². The van der Waals surface area contributed by atoms with Crippen molar-refractivity contribution in [3.8, 4) is 11.4 Å². The minimum Gasteiger partial charge on any atom is -0.456 e. The summed E-state index contributed by atoms with van der Waals surface area (Å²) in [5, 5.41) is 8.83. The smallest absolute Gasteiger partial charge is 0.308 e. The summed E-state index contributed by atoms with van der Waals surface area (Å²) in [5.41, 5.74) is 0.723. The van der Waals surface area contributed by atoms with E-state index in [9.17, 15) is 14.4 Å². The van der Waals surface area contributed by atoms with E-state index in [1.54, 1.807) is 36.4 Å². The number of esters is 1. The van der Waals surface area contributed by atoms with Gasteiger partial charge >= 0.3 is 5.97 Å². The molecule has 1 N–H and O–H groups in total. The lowest BCUT2D eigenvalue weighted by Crippen LogP contribution is -2.26. The lowest BCUT2D eigenvalue weighted by Gasteiger charge is -2.05. The molecular weight excluding hydrogens is 430 g/mol. The number of aromatic nitrogens is 2. The van der Waals surface area contributed by atoms with Crippen molar-refractivity contribution in [2.45, 2.75) is 25.9 Å². The highest BCUT2D eigenvalue weighted by molar-refractivity contribution is 7.12. The zero-order chi connectivity index (χ0) is 21.3. The monoisotopic (exact) mass is 447 g/mol. The summed E-state index contributed by atoms with van der Waals surface area (Å²) in [6, 6.07) is 10.4. The number of hydrogen-bond donors (Lipinski definition) is 1. The topological polar surface area (TPSA) is 111 Å². The molecule has 0 aliphatic rings. The molecule has 0 radical (unpaired) electrons. The van der Waals surface area contributed by atoms with E-state index in [-0.39, 0.29) is 50.0 Å². The van der Waals surface area contributed by atoms with E-state index in [0.717, 1.165) is 5.56 Å². The van der Waals surface area contributed by atoms with Crippen molar-refractivity contribution in [1.82, 2.24) is 15.5 Å². The molecule has 0 saturated heterocycles. The number of halogens is 1. The van der Waals surface area contributed by atoms with Gasteiger partial charge in [-0.15, -0.1) is 11.3 Å². The van der Waals surface area contributed by atoms with E-state index >= 15 is 0 Å². The first-order valence-corrected chi connectivity index (χ1v) is 10.3. The van der Waals surface area contributed by atoms with Crippen LogP contribution in [0.15, 0.2) is 46.3 Å². The molecule has 8 nitrogen and oxygen atoms in total. The predicted octanol–water partition coefficient (Wildman–Crippen LogP) is 3.66. The molecule has 1 aromatic carbocycles. The molecular formula is C20H18ClN3O5S. The van der Waals surface area contributed by atoms with Gasteiger partial charge in [-0.05, 0) is 35.7 Å². The molecule has 0 atom stereocenters. The predicted molar refractivity (Wildman–Crippen MR) is 110 cm³/mol. The molecule has 0 unspecified atom stereocenters. The first-order valence-electron chi connectivity index (χ1n) is 9.09. The molecule has 0 aliphatic carbocycles. The lowest BCUT2D eigenvalue weighted by molar-refractivity contribution is -0.145. The SMILES string of the molecule is O=C(CCC(=O)c1cccs1)NCCC(=O)OCc1nc(-c2ccc(Cl)cc2)no1. The number of carbonyl (C=O) groups excluding carboxylic acids is 3. The van der Waals surface area contributed by atoms with Crippen molar-refractivity contribution in [3.63, 3.8) is 0 Å². The van der Waals surface area contributed by atoms with Gasteiger partial charge in [0.05, 0.1) is 11.3 Å². The van der Waals surface area contributed by atoms with E-state index in [0.29, 0.717) is 15.7 Å². The van der Waals surface area contributed by atoms with Gasteiger partial charge in [0, 0.05) is 30.0 Å². The molecule has 0 saturated carbocycles. The molecule has 30 heavy (non-hydrogen) atoms. The third kappa shape index (κ3) is 6.50. The van der Waals surface area contributed by atoms with Crippen molar-refractivity contribution in [3.05, 3.63) is 57.6 Å². The highest BCUT2D eigenvalue weighted by Crippen LogP contribution is 2.19. The van der Waals surface area contributed by atoms with Crippen LogP contribution in [0.1, 0.15) is 34.8 Å². The third-order valence-corrected chi connectivity index (χ3v) is 5.12. The van der Waals surface area contributed by atoms with Crippen LogP contribution in [0.2, 0.25) is 5.02 Å². The van der Waals surface area contributed by atoms with Crippen LogP contribution in [0.3, 0.4) is 0 Å². The van der Waals surface area contributed by atoms with Crippen molar-refractivity contribution < 1.29 is 23.6 Å². The molecule has 2 heterocycles. The maximum atomic E-state index is 11.8. The number of nitrogens with zero attached hydrogens (tertiary/aromatic N) is 2. The Labute approximate surface area is 181 Å². The van der Waals surface area contributed by atoms with Crippen LogP contribution >= 0.6 is 22.9 Å². The van der Waals surface area contributed by atoms with Crippen LogP contribution < -0.4 is 5.32 Å². The summed E-state index contributed by atoms with van der Waals surface area (Å²) in [7, 11) is 0. The molecule has 3 rings (SSSR count). The molecule has 156 valence electrons. The lowest BCUT2D eigenvalue weighted by atomic mass is 10.2. The second kappa shape index (κ2) is 10.7. The van der Waals surface area contributed by atoms with E-state index in [2.05, 4.69) is 15.5 Å². The third-order valence-electron chi connectivity index (χ3n) is 3.95. The van der Waals surface area contributed by atoms with Gasteiger partial charge in [-0.2, -0.15) is 4.98 Å². The zero-order valence-electron chi connectivity index (χ0n) is 15.8. The highest BCUT2D eigenvalue weighted by atomic mass is 35.5. The zero-order valence-corrected chi connectivity index (χ0v) is 17.4. The Balaban J connectivity index is 1.33. The number of ketones is 1. The number of benzene rings is 1. The molecule has 1 amide bonds. The molecule has 10 heteroatoms. The van der Waals surface area contributed by atoms with Gasteiger partial charge in [0.2, 0.25) is 11.7 Å². The van der Waals surface area contributed by atoms with Gasteiger partial charge in [0.1, 0.15) is 0 Å². The van der Waals surface area contributed by atoms with Crippen molar-refractivity contribution in [2.24, 2.45) is 0 Å². The molecule has 0 spiro atoms. The van der Waals surface area contributed by atoms with E-state index in [4.69, 9.17) is 20.9 Å². The molecule has 3 aromatic rings. The largest absolute Gasteiger partial charge is 0.456 e. The molecule has 0 fully saturated rings. The van der Waals surface area contributed by atoms with Crippen LogP contribution in [0.5, 0.6) is 0 Å². The van der Waals surface area contributed by atoms with E-state index in [1.165, 1.54) is 11.3 Å². The van der Waals surface area contributed by atoms with Gasteiger partial charge in [0.15, 0.2) is 12.4 Å². The summed E-state index contributed by atoms with van der Waals surface area (Å²) < 4.78 is 10.1. The van der Waals surface area contributed by atoms with Crippen LogP contribution in [-0.2, 0) is 20.9 Å². The van der Waals surface area contributed by atoms with Gasteiger partial charge < -0.3 is 14.6 Å². The number of nitrogens with one attached hydrogen (secondary N) is 1. The first-order chi connectivity index (χ1) is 14.5. The number of rotatable bonds is 10. The van der Waals surface area contributed by atoms with Crippen LogP contribution in [0.25, 0.3) is 11.4 Å². The summed E-state index contributed by atoms with van der Waals surface area (Å²) in [6.45, 7) is -0.0482. The Morgan fingerprint density at radius 2 is 1.90 bits per heavy atom. The second-order valence-electron chi connectivity index (χ2n) is 6.18. The van der Waals surface area contributed by atoms with Crippen LogP contribution in [0, 0.1) is 0 Å². The fourth-order valence-electron chi connectivity index (χ4n) is 2.42. The van der Waals surface area contributed by atoms with Crippen LogP contribution in [-0.4, -0.2) is 34.3 Å². The van der Waals surface area contributed by atoms with Gasteiger partial charge in [0.25, 0.3) is 5.89 Å².